The van der Waals surface area contributed by atoms with Gasteiger partial charge >= 0.3 is 11.9 Å². The number of amides is 1. The molecule has 0 aliphatic heterocycles. The van der Waals surface area contributed by atoms with Crippen molar-refractivity contribution in [2.75, 3.05) is 5.73 Å². The van der Waals surface area contributed by atoms with Crippen LogP contribution in [0.4, 0.5) is 5.69 Å². The molecule has 0 saturated heterocycles. The minimum Gasteiger partial charge on any atom is -0.481 e. The average molecular weight is 283 g/mol. The van der Waals surface area contributed by atoms with Gasteiger partial charge in [-0.05, 0) is 30.7 Å². The Hall–Kier alpha value is -2.61. The molecule has 1 atom stereocenters. The van der Waals surface area contributed by atoms with E-state index in [1.165, 1.54) is 0 Å². The van der Waals surface area contributed by atoms with E-state index in [9.17, 15) is 14.4 Å². The first-order valence-electron chi connectivity index (χ1n) is 5.59. The highest BCUT2D eigenvalue weighted by atomic mass is 16.4. The van der Waals surface area contributed by atoms with Gasteiger partial charge in [0.1, 0.15) is 6.04 Å². The lowest BCUT2D eigenvalue weighted by Crippen LogP contribution is -2.30. The molecule has 0 aromatic heterocycles. The first-order valence-corrected chi connectivity index (χ1v) is 5.59. The third kappa shape index (κ3) is 7.67. The number of aliphatic carboxylic acids is 2. The van der Waals surface area contributed by atoms with Crippen LogP contribution < -0.4 is 17.2 Å². The van der Waals surface area contributed by atoms with E-state index in [1.807, 2.05) is 0 Å². The molecule has 8 heteroatoms. The maximum absolute atomic E-state index is 10.5. The topological polar surface area (TPSA) is 170 Å². The molecule has 0 fully saturated rings. The smallest absolute Gasteiger partial charge is 0.320 e. The molecule has 0 spiro atoms. The molecule has 20 heavy (non-hydrogen) atoms. The monoisotopic (exact) mass is 283 g/mol. The summed E-state index contributed by atoms with van der Waals surface area (Å²) >= 11 is 0. The van der Waals surface area contributed by atoms with E-state index in [2.05, 4.69) is 0 Å². The number of carbonyl (C=O) groups excluding carboxylic acids is 1. The average Bonchev–Trinajstić information content (AvgIpc) is 2.37. The van der Waals surface area contributed by atoms with Crippen molar-refractivity contribution in [1.82, 2.24) is 0 Å². The third-order valence-corrected chi connectivity index (χ3v) is 2.18. The fraction of sp³-hybridized carbons (Fsp3) is 0.250. The number of nitrogen functional groups attached to an aromatic ring is 1. The third-order valence-electron chi connectivity index (χ3n) is 2.18. The molecule has 8 nitrogen and oxygen atoms in total. The molecule has 8 N–H and O–H groups in total. The SMILES string of the molecule is NC(=O)c1ccc(N)cc1.N[C@@H](CCC(=O)O)C(=O)O. The molecular formula is C12H17N3O5. The Kier molecular flexibility index (Phi) is 7.38. The fourth-order valence-corrected chi connectivity index (χ4v) is 1.05. The molecule has 0 saturated carbocycles. The Labute approximate surface area is 115 Å². The van der Waals surface area contributed by atoms with Crippen LogP contribution in [0, 0.1) is 0 Å². The number of rotatable bonds is 5. The van der Waals surface area contributed by atoms with Gasteiger partial charge in [-0.25, -0.2) is 0 Å². The predicted octanol–water partition coefficient (Wildman–Crippen LogP) is -0.369. The second kappa shape index (κ2) is 8.48. The molecule has 0 radical (unpaired) electrons. The quantitative estimate of drug-likeness (QED) is 0.459. The van der Waals surface area contributed by atoms with Crippen molar-refractivity contribution in [3.8, 4) is 0 Å². The summed E-state index contributed by atoms with van der Waals surface area (Å²) in [4.78, 5) is 30.4. The summed E-state index contributed by atoms with van der Waals surface area (Å²) in [6.45, 7) is 0. The largest absolute Gasteiger partial charge is 0.481 e. The zero-order valence-electron chi connectivity index (χ0n) is 10.7. The van der Waals surface area contributed by atoms with Crippen LogP contribution in [-0.2, 0) is 9.59 Å². The Morgan fingerprint density at radius 3 is 1.95 bits per heavy atom. The second-order valence-electron chi connectivity index (χ2n) is 3.86. The Morgan fingerprint density at radius 2 is 1.60 bits per heavy atom. The van der Waals surface area contributed by atoms with Gasteiger partial charge in [-0.3, -0.25) is 14.4 Å². The van der Waals surface area contributed by atoms with Crippen molar-refractivity contribution in [3.05, 3.63) is 29.8 Å². The number of carboxylic acid groups (broad SMARTS) is 2. The van der Waals surface area contributed by atoms with Crippen LogP contribution in [0.2, 0.25) is 0 Å². The number of nitrogens with two attached hydrogens (primary N) is 3. The van der Waals surface area contributed by atoms with Crippen LogP contribution in [-0.4, -0.2) is 34.1 Å². The minimum atomic E-state index is -1.17. The summed E-state index contributed by atoms with van der Waals surface area (Å²) in [5.74, 6) is -2.63. The van der Waals surface area contributed by atoms with Crippen LogP contribution >= 0.6 is 0 Å². The molecule has 110 valence electrons. The van der Waals surface area contributed by atoms with Gasteiger partial charge in [0.05, 0.1) is 0 Å². The van der Waals surface area contributed by atoms with Gasteiger partial charge in [0.15, 0.2) is 0 Å². The Morgan fingerprint density at radius 1 is 1.10 bits per heavy atom. The zero-order chi connectivity index (χ0) is 15.7. The van der Waals surface area contributed by atoms with Crippen molar-refractivity contribution in [3.63, 3.8) is 0 Å². The van der Waals surface area contributed by atoms with E-state index in [0.717, 1.165) is 0 Å². The van der Waals surface area contributed by atoms with Crippen LogP contribution in [0.5, 0.6) is 0 Å². The van der Waals surface area contributed by atoms with Crippen molar-refractivity contribution >= 4 is 23.5 Å². The van der Waals surface area contributed by atoms with Crippen LogP contribution in [0.3, 0.4) is 0 Å². The Bertz CT molecular complexity index is 472. The second-order valence-corrected chi connectivity index (χ2v) is 3.86. The van der Waals surface area contributed by atoms with E-state index in [1.54, 1.807) is 24.3 Å². The maximum Gasteiger partial charge on any atom is 0.320 e. The lowest BCUT2D eigenvalue weighted by Gasteiger charge is -2.01. The lowest BCUT2D eigenvalue weighted by atomic mass is 10.2. The van der Waals surface area contributed by atoms with E-state index in [-0.39, 0.29) is 12.8 Å². The highest BCUT2D eigenvalue weighted by Gasteiger charge is 2.12. The highest BCUT2D eigenvalue weighted by Crippen LogP contribution is 2.03. The normalized spacial score (nSPS) is 10.8. The van der Waals surface area contributed by atoms with Crippen molar-refractivity contribution < 1.29 is 24.6 Å². The van der Waals surface area contributed by atoms with Gasteiger partial charge in [0.25, 0.3) is 0 Å². The number of anilines is 1. The number of carboxylic acids is 2. The van der Waals surface area contributed by atoms with Crippen LogP contribution in [0.15, 0.2) is 24.3 Å². The maximum atomic E-state index is 10.5. The summed E-state index contributed by atoms with van der Waals surface area (Å²) in [6, 6.07) is 5.41. The molecule has 1 aromatic rings. The molecule has 1 rings (SSSR count). The van der Waals surface area contributed by atoms with Crippen LogP contribution in [0.25, 0.3) is 0 Å². The standard InChI is InChI=1S/C7H8N2O.C5H9NO4/c8-6-3-1-5(2-4-6)7(9)10;6-3(5(9)10)1-2-4(7)8/h1-4H,8H2,(H2,9,10);3H,1-2,6H2,(H,7,8)(H,9,10)/t;3-/m.0/s1. The van der Waals surface area contributed by atoms with Gasteiger partial charge in [-0.15, -0.1) is 0 Å². The van der Waals surface area contributed by atoms with E-state index >= 15 is 0 Å². The van der Waals surface area contributed by atoms with Crippen molar-refractivity contribution in [1.29, 1.82) is 0 Å². The lowest BCUT2D eigenvalue weighted by molar-refractivity contribution is -0.139. The molecular weight excluding hydrogens is 266 g/mol. The zero-order valence-corrected chi connectivity index (χ0v) is 10.7. The highest BCUT2D eigenvalue weighted by molar-refractivity contribution is 5.93. The summed E-state index contributed by atoms with van der Waals surface area (Å²) < 4.78 is 0. The molecule has 0 aliphatic rings. The van der Waals surface area contributed by atoms with Gasteiger partial charge in [0.2, 0.25) is 5.91 Å². The fourth-order valence-electron chi connectivity index (χ4n) is 1.05. The van der Waals surface area contributed by atoms with Gasteiger partial charge in [-0.2, -0.15) is 0 Å². The first kappa shape index (κ1) is 17.4. The molecule has 1 amide bonds. The van der Waals surface area contributed by atoms with Crippen molar-refractivity contribution in [2.45, 2.75) is 18.9 Å². The first-order chi connectivity index (χ1) is 9.23. The molecule has 1 aromatic carbocycles. The summed E-state index contributed by atoms with van der Waals surface area (Å²) in [5, 5.41) is 16.3. The van der Waals surface area contributed by atoms with Gasteiger partial charge in [-0.1, -0.05) is 0 Å². The predicted molar refractivity (Wildman–Crippen MR) is 71.9 cm³/mol. The summed E-state index contributed by atoms with van der Waals surface area (Å²) in [7, 11) is 0. The minimum absolute atomic E-state index is 0.0231. The summed E-state index contributed by atoms with van der Waals surface area (Å²) in [6.07, 6.45) is -0.224. The molecule has 0 bridgehead atoms. The number of primary amides is 1. The van der Waals surface area contributed by atoms with Gasteiger partial charge in [0, 0.05) is 17.7 Å². The van der Waals surface area contributed by atoms with E-state index in [4.69, 9.17) is 27.4 Å². The van der Waals surface area contributed by atoms with E-state index < -0.39 is 23.9 Å². The number of hydrogen-bond acceptors (Lipinski definition) is 5. The Balaban J connectivity index is 0.000000361. The number of hydrogen-bond donors (Lipinski definition) is 5. The summed E-state index contributed by atoms with van der Waals surface area (Å²) in [5.41, 5.74) is 16.5. The van der Waals surface area contributed by atoms with Crippen LogP contribution in [0.1, 0.15) is 23.2 Å². The number of benzene rings is 1. The molecule has 0 heterocycles. The van der Waals surface area contributed by atoms with Gasteiger partial charge < -0.3 is 27.4 Å². The molecule has 0 aliphatic carbocycles. The van der Waals surface area contributed by atoms with E-state index in [0.29, 0.717) is 11.3 Å². The number of carbonyl (C=O) groups is 3. The molecule has 0 unspecified atom stereocenters. The van der Waals surface area contributed by atoms with Crippen molar-refractivity contribution in [2.24, 2.45) is 11.5 Å².